The van der Waals surface area contributed by atoms with Crippen LogP contribution in [-0.2, 0) is 0 Å². The van der Waals surface area contributed by atoms with Gasteiger partial charge in [0, 0.05) is 18.0 Å². The molecular formula is C15H22N4S2. The Morgan fingerprint density at radius 2 is 2.10 bits per heavy atom. The van der Waals surface area contributed by atoms with Crippen molar-refractivity contribution in [1.82, 2.24) is 9.36 Å². The molecule has 1 aliphatic heterocycles. The Labute approximate surface area is 134 Å². The lowest BCUT2D eigenvalue weighted by Gasteiger charge is -2.42. The lowest BCUT2D eigenvalue weighted by Crippen LogP contribution is -2.45. The average Bonchev–Trinajstić information content (AvgIpc) is 3.00. The first-order valence-corrected chi connectivity index (χ1v) is 9.07. The van der Waals surface area contributed by atoms with Gasteiger partial charge in [0.1, 0.15) is 10.8 Å². The van der Waals surface area contributed by atoms with Crippen LogP contribution >= 0.6 is 22.9 Å². The molecule has 3 rings (SSSR count). The van der Waals surface area contributed by atoms with Gasteiger partial charge in [-0.2, -0.15) is 4.37 Å². The molecule has 1 saturated heterocycles. The largest absolute Gasteiger partial charge is 0.382 e. The van der Waals surface area contributed by atoms with Crippen LogP contribution in [0.15, 0.2) is 5.38 Å². The Hall–Kier alpha value is -1.14. The van der Waals surface area contributed by atoms with Gasteiger partial charge in [-0.15, -0.1) is 11.3 Å². The standard InChI is InChI=1S/C15H22N4S2/c1-8-5-9(2)10(3)19(6-8)15-13(14(16)18-21-15)12-7-20-11(4)17-12/h7-10H,5-6H2,1-4H3,(H2,16,18). The predicted molar refractivity (Wildman–Crippen MR) is 92.1 cm³/mol. The zero-order valence-electron chi connectivity index (χ0n) is 13.0. The number of rotatable bonds is 2. The number of nitrogen functional groups attached to an aromatic ring is 1. The van der Waals surface area contributed by atoms with E-state index in [9.17, 15) is 0 Å². The van der Waals surface area contributed by atoms with Crippen LogP contribution in [0.5, 0.6) is 0 Å². The summed E-state index contributed by atoms with van der Waals surface area (Å²) in [5.41, 5.74) is 8.14. The Balaban J connectivity index is 2.03. The van der Waals surface area contributed by atoms with Gasteiger partial charge in [-0.25, -0.2) is 4.98 Å². The molecule has 21 heavy (non-hydrogen) atoms. The third kappa shape index (κ3) is 2.66. The number of aromatic nitrogens is 2. The van der Waals surface area contributed by atoms with E-state index >= 15 is 0 Å². The van der Waals surface area contributed by atoms with Gasteiger partial charge in [-0.05, 0) is 43.6 Å². The van der Waals surface area contributed by atoms with Gasteiger partial charge in [0.05, 0.1) is 16.3 Å². The second-order valence-electron chi connectivity index (χ2n) is 6.21. The molecule has 0 saturated carbocycles. The number of anilines is 2. The van der Waals surface area contributed by atoms with E-state index in [2.05, 4.69) is 40.4 Å². The van der Waals surface area contributed by atoms with Crippen molar-refractivity contribution < 1.29 is 0 Å². The van der Waals surface area contributed by atoms with Crippen LogP contribution in [-0.4, -0.2) is 21.9 Å². The normalized spacial score (nSPS) is 26.3. The summed E-state index contributed by atoms with van der Waals surface area (Å²) >= 11 is 3.17. The molecule has 3 unspecified atom stereocenters. The fourth-order valence-corrected chi connectivity index (χ4v) is 4.72. The minimum atomic E-state index is 0.513. The van der Waals surface area contributed by atoms with Gasteiger partial charge >= 0.3 is 0 Å². The van der Waals surface area contributed by atoms with Crippen LogP contribution in [0.1, 0.15) is 32.2 Å². The number of hydrogen-bond acceptors (Lipinski definition) is 6. The van der Waals surface area contributed by atoms with E-state index in [0.717, 1.165) is 22.8 Å². The number of nitrogens with two attached hydrogens (primary N) is 1. The van der Waals surface area contributed by atoms with E-state index < -0.39 is 0 Å². The molecule has 1 aliphatic rings. The minimum absolute atomic E-state index is 0.513. The Kier molecular flexibility index (Phi) is 3.92. The molecule has 3 atom stereocenters. The maximum atomic E-state index is 6.14. The van der Waals surface area contributed by atoms with Gasteiger partial charge in [-0.1, -0.05) is 13.8 Å². The molecule has 0 aromatic carbocycles. The zero-order chi connectivity index (χ0) is 15.1. The van der Waals surface area contributed by atoms with E-state index in [1.807, 2.05) is 6.92 Å². The fourth-order valence-electron chi connectivity index (χ4n) is 3.19. The highest BCUT2D eigenvalue weighted by atomic mass is 32.1. The van der Waals surface area contributed by atoms with E-state index in [1.165, 1.54) is 23.0 Å². The molecule has 1 fully saturated rings. The molecule has 2 aromatic rings. The molecule has 0 amide bonds. The monoisotopic (exact) mass is 322 g/mol. The van der Waals surface area contributed by atoms with Gasteiger partial charge < -0.3 is 10.6 Å². The van der Waals surface area contributed by atoms with Crippen molar-refractivity contribution in [3.63, 3.8) is 0 Å². The third-order valence-electron chi connectivity index (χ3n) is 4.43. The van der Waals surface area contributed by atoms with Crippen LogP contribution in [0.4, 0.5) is 10.8 Å². The molecule has 2 N–H and O–H groups in total. The topological polar surface area (TPSA) is 55.0 Å². The molecule has 0 radical (unpaired) electrons. The molecule has 0 aliphatic carbocycles. The van der Waals surface area contributed by atoms with Crippen molar-refractivity contribution in [2.75, 3.05) is 17.2 Å². The van der Waals surface area contributed by atoms with Gasteiger partial charge in [0.15, 0.2) is 0 Å². The van der Waals surface area contributed by atoms with E-state index in [1.54, 1.807) is 11.3 Å². The summed E-state index contributed by atoms with van der Waals surface area (Å²) in [6, 6.07) is 0.513. The van der Waals surface area contributed by atoms with Crippen LogP contribution in [0.3, 0.4) is 0 Å². The van der Waals surface area contributed by atoms with E-state index in [4.69, 9.17) is 5.73 Å². The molecule has 0 bridgehead atoms. The second kappa shape index (κ2) is 5.57. The Bertz CT molecular complexity index is 633. The summed E-state index contributed by atoms with van der Waals surface area (Å²) in [4.78, 5) is 7.09. The lowest BCUT2D eigenvalue weighted by atomic mass is 9.86. The molecule has 4 nitrogen and oxygen atoms in total. The van der Waals surface area contributed by atoms with E-state index in [0.29, 0.717) is 23.7 Å². The van der Waals surface area contributed by atoms with Gasteiger partial charge in [0.25, 0.3) is 0 Å². The lowest BCUT2D eigenvalue weighted by molar-refractivity contribution is 0.298. The molecule has 114 valence electrons. The second-order valence-corrected chi connectivity index (χ2v) is 8.02. The SMILES string of the molecule is Cc1nc(-c2c(N)nsc2N2CC(C)CC(C)C2C)cs1. The Morgan fingerprint density at radius 3 is 2.76 bits per heavy atom. The van der Waals surface area contributed by atoms with E-state index in [-0.39, 0.29) is 0 Å². The highest BCUT2D eigenvalue weighted by Crippen LogP contribution is 2.43. The number of aryl methyl sites for hydroxylation is 1. The maximum absolute atomic E-state index is 6.14. The van der Waals surface area contributed by atoms with Crippen LogP contribution < -0.4 is 10.6 Å². The summed E-state index contributed by atoms with van der Waals surface area (Å²) in [6.07, 6.45) is 1.29. The van der Waals surface area contributed by atoms with Crippen LogP contribution in [0, 0.1) is 18.8 Å². The van der Waals surface area contributed by atoms with Crippen molar-refractivity contribution in [2.24, 2.45) is 11.8 Å². The van der Waals surface area contributed by atoms with Gasteiger partial charge in [0.2, 0.25) is 0 Å². The summed E-state index contributed by atoms with van der Waals surface area (Å²) in [6.45, 7) is 10.1. The van der Waals surface area contributed by atoms with Crippen molar-refractivity contribution in [1.29, 1.82) is 0 Å². The minimum Gasteiger partial charge on any atom is -0.382 e. The highest BCUT2D eigenvalue weighted by Gasteiger charge is 2.32. The summed E-state index contributed by atoms with van der Waals surface area (Å²) in [5, 5.41) is 4.33. The predicted octanol–water partition coefficient (Wildman–Crippen LogP) is 4.03. The van der Waals surface area contributed by atoms with Crippen molar-refractivity contribution in [3.8, 4) is 11.3 Å². The number of piperidine rings is 1. The van der Waals surface area contributed by atoms with Crippen molar-refractivity contribution in [3.05, 3.63) is 10.4 Å². The third-order valence-corrected chi connectivity index (χ3v) is 6.11. The highest BCUT2D eigenvalue weighted by molar-refractivity contribution is 7.11. The molecule has 0 spiro atoms. The summed E-state index contributed by atoms with van der Waals surface area (Å²) in [5.74, 6) is 1.99. The number of hydrogen-bond donors (Lipinski definition) is 1. The first-order chi connectivity index (χ1) is 9.97. The molecule has 3 heterocycles. The summed E-state index contributed by atoms with van der Waals surface area (Å²) in [7, 11) is 0. The maximum Gasteiger partial charge on any atom is 0.148 e. The van der Waals surface area contributed by atoms with Crippen LogP contribution in [0.25, 0.3) is 11.3 Å². The first-order valence-electron chi connectivity index (χ1n) is 7.41. The van der Waals surface area contributed by atoms with Crippen molar-refractivity contribution >= 4 is 33.7 Å². The smallest absolute Gasteiger partial charge is 0.148 e. The first kappa shape index (κ1) is 14.8. The fraction of sp³-hybridized carbons (Fsp3) is 0.600. The van der Waals surface area contributed by atoms with Gasteiger partial charge in [-0.3, -0.25) is 0 Å². The quantitative estimate of drug-likeness (QED) is 0.907. The number of nitrogens with zero attached hydrogens (tertiary/aromatic N) is 3. The van der Waals surface area contributed by atoms with Crippen LogP contribution in [0.2, 0.25) is 0 Å². The average molecular weight is 323 g/mol. The molecule has 2 aromatic heterocycles. The van der Waals surface area contributed by atoms with Crippen molar-refractivity contribution in [2.45, 2.75) is 40.2 Å². The molecular weight excluding hydrogens is 300 g/mol. The molecule has 6 heteroatoms. The zero-order valence-corrected chi connectivity index (χ0v) is 14.6. The summed E-state index contributed by atoms with van der Waals surface area (Å²) < 4.78 is 4.40. The number of thiazole rings is 1. The Morgan fingerprint density at radius 1 is 1.33 bits per heavy atom.